The van der Waals surface area contributed by atoms with Gasteiger partial charge in [-0.1, -0.05) is 12.1 Å². The Morgan fingerprint density at radius 1 is 1.15 bits per heavy atom. The van der Waals surface area contributed by atoms with Gasteiger partial charge in [0.2, 0.25) is 0 Å². The molecule has 1 aromatic rings. The molecule has 0 atom stereocenters. The maximum atomic E-state index is 8.91. The zero-order valence-electron chi connectivity index (χ0n) is 12.3. The molecule has 5 nitrogen and oxygen atoms in total. The molecule has 20 heavy (non-hydrogen) atoms. The van der Waals surface area contributed by atoms with Gasteiger partial charge in [0, 0.05) is 19.6 Å². The fourth-order valence-corrected chi connectivity index (χ4v) is 1.57. The first-order chi connectivity index (χ1) is 9.74. The van der Waals surface area contributed by atoms with Crippen molar-refractivity contribution in [1.82, 2.24) is 10.2 Å². The van der Waals surface area contributed by atoms with Gasteiger partial charge in [-0.3, -0.25) is 0 Å². The van der Waals surface area contributed by atoms with E-state index in [4.69, 9.17) is 14.7 Å². The van der Waals surface area contributed by atoms with E-state index in [1.165, 1.54) is 0 Å². The molecule has 0 amide bonds. The normalized spacial score (nSPS) is 10.5. The predicted octanol–water partition coefficient (Wildman–Crippen LogP) is 1.10. The van der Waals surface area contributed by atoms with Gasteiger partial charge in [-0.25, -0.2) is 0 Å². The van der Waals surface area contributed by atoms with Gasteiger partial charge in [-0.05, 0) is 26.2 Å². The summed E-state index contributed by atoms with van der Waals surface area (Å²) < 4.78 is 11.0. The highest BCUT2D eigenvalue weighted by Crippen LogP contribution is 2.15. The topological polar surface area (TPSA) is 57.5 Å². The average molecular weight is 277 g/mol. The van der Waals surface area contributed by atoms with Gasteiger partial charge in [0.05, 0.1) is 18.8 Å². The van der Waals surface area contributed by atoms with Crippen LogP contribution in [-0.4, -0.2) is 58.5 Å². The maximum Gasteiger partial charge on any atom is 0.137 e. The molecule has 0 saturated carbocycles. The molecule has 1 rings (SSSR count). The van der Waals surface area contributed by atoms with Gasteiger partial charge in [0.25, 0.3) is 0 Å². The number of benzene rings is 1. The molecular weight excluding hydrogens is 254 g/mol. The van der Waals surface area contributed by atoms with Crippen molar-refractivity contribution in [3.8, 4) is 11.8 Å². The lowest BCUT2D eigenvalue weighted by atomic mass is 10.2. The van der Waals surface area contributed by atoms with Gasteiger partial charge in [-0.15, -0.1) is 0 Å². The summed E-state index contributed by atoms with van der Waals surface area (Å²) in [4.78, 5) is 2.13. The molecule has 0 fully saturated rings. The first-order valence-electron chi connectivity index (χ1n) is 6.79. The minimum absolute atomic E-state index is 0.455. The molecule has 0 saturated heterocycles. The van der Waals surface area contributed by atoms with Gasteiger partial charge >= 0.3 is 0 Å². The molecule has 0 aromatic heterocycles. The van der Waals surface area contributed by atoms with Gasteiger partial charge in [0.1, 0.15) is 18.4 Å². The molecule has 0 spiro atoms. The molecular formula is C15H23N3O2. The van der Waals surface area contributed by atoms with E-state index in [1.54, 1.807) is 12.1 Å². The van der Waals surface area contributed by atoms with Crippen LogP contribution >= 0.6 is 0 Å². The highest BCUT2D eigenvalue weighted by Gasteiger charge is 2.00. The smallest absolute Gasteiger partial charge is 0.137 e. The van der Waals surface area contributed by atoms with Crippen molar-refractivity contribution < 1.29 is 9.47 Å². The molecule has 0 aliphatic heterocycles. The molecule has 0 unspecified atom stereocenters. The van der Waals surface area contributed by atoms with E-state index in [1.807, 2.05) is 12.1 Å². The minimum Gasteiger partial charge on any atom is -0.490 e. The fraction of sp³-hybridized carbons (Fsp3) is 0.533. The van der Waals surface area contributed by atoms with E-state index in [2.05, 4.69) is 30.4 Å². The van der Waals surface area contributed by atoms with E-state index in [-0.39, 0.29) is 0 Å². The second-order valence-corrected chi connectivity index (χ2v) is 4.62. The van der Waals surface area contributed by atoms with Crippen LogP contribution in [0.15, 0.2) is 24.3 Å². The van der Waals surface area contributed by atoms with Crippen LogP contribution < -0.4 is 10.1 Å². The van der Waals surface area contributed by atoms with E-state index < -0.39 is 0 Å². The number of hydrogen-bond acceptors (Lipinski definition) is 5. The second kappa shape index (κ2) is 10.2. The largest absolute Gasteiger partial charge is 0.490 e. The monoisotopic (exact) mass is 277 g/mol. The van der Waals surface area contributed by atoms with Crippen LogP contribution in [0.5, 0.6) is 5.75 Å². The Morgan fingerprint density at radius 3 is 2.70 bits per heavy atom. The van der Waals surface area contributed by atoms with Crippen LogP contribution in [0.25, 0.3) is 0 Å². The van der Waals surface area contributed by atoms with Crippen molar-refractivity contribution in [3.63, 3.8) is 0 Å². The van der Waals surface area contributed by atoms with Crippen molar-refractivity contribution in [2.45, 2.75) is 0 Å². The quantitative estimate of drug-likeness (QED) is 0.649. The second-order valence-electron chi connectivity index (χ2n) is 4.62. The summed E-state index contributed by atoms with van der Waals surface area (Å²) in [5, 5.41) is 12.2. The van der Waals surface area contributed by atoms with Crippen molar-refractivity contribution >= 4 is 0 Å². The van der Waals surface area contributed by atoms with Crippen LogP contribution in [0.3, 0.4) is 0 Å². The van der Waals surface area contributed by atoms with Crippen molar-refractivity contribution in [1.29, 1.82) is 5.26 Å². The fourth-order valence-electron chi connectivity index (χ4n) is 1.57. The molecule has 1 aromatic carbocycles. The van der Waals surface area contributed by atoms with Crippen LogP contribution in [0.1, 0.15) is 5.56 Å². The van der Waals surface area contributed by atoms with Crippen molar-refractivity contribution in [3.05, 3.63) is 29.8 Å². The Labute approximate surface area is 121 Å². The lowest BCUT2D eigenvalue weighted by molar-refractivity contribution is 0.101. The summed E-state index contributed by atoms with van der Waals surface area (Å²) in [7, 11) is 4.10. The minimum atomic E-state index is 0.455. The lowest BCUT2D eigenvalue weighted by Gasteiger charge is -2.11. The Morgan fingerprint density at radius 2 is 1.95 bits per heavy atom. The number of hydrogen-bond donors (Lipinski definition) is 1. The number of nitrogens with zero attached hydrogens (tertiary/aromatic N) is 2. The van der Waals surface area contributed by atoms with Gasteiger partial charge < -0.3 is 19.7 Å². The van der Waals surface area contributed by atoms with Crippen molar-refractivity contribution in [2.75, 3.05) is 53.6 Å². The van der Waals surface area contributed by atoms with E-state index in [9.17, 15) is 0 Å². The third-order valence-electron chi connectivity index (χ3n) is 2.65. The Bertz CT molecular complexity index is 416. The number of nitriles is 1. The van der Waals surface area contributed by atoms with Gasteiger partial charge in [-0.2, -0.15) is 5.26 Å². The molecule has 110 valence electrons. The molecule has 0 radical (unpaired) electrons. The Hall–Kier alpha value is -1.61. The summed E-state index contributed by atoms with van der Waals surface area (Å²) in [6.07, 6.45) is 0. The maximum absolute atomic E-state index is 8.91. The summed E-state index contributed by atoms with van der Waals surface area (Å²) in [5.41, 5.74) is 0.554. The van der Waals surface area contributed by atoms with Crippen LogP contribution in [-0.2, 0) is 4.74 Å². The molecule has 5 heteroatoms. The highest BCUT2D eigenvalue weighted by molar-refractivity contribution is 5.42. The van der Waals surface area contributed by atoms with Crippen LogP contribution in [0.2, 0.25) is 0 Å². The Balaban J connectivity index is 2.01. The number of rotatable bonds is 10. The number of ether oxygens (including phenoxy) is 2. The first-order valence-corrected chi connectivity index (χ1v) is 6.79. The van der Waals surface area contributed by atoms with Crippen LogP contribution in [0.4, 0.5) is 0 Å². The third kappa shape index (κ3) is 7.10. The summed E-state index contributed by atoms with van der Waals surface area (Å²) in [6, 6.07) is 9.31. The van der Waals surface area contributed by atoms with E-state index in [0.29, 0.717) is 31.1 Å². The van der Waals surface area contributed by atoms with Crippen molar-refractivity contribution in [2.24, 2.45) is 0 Å². The number of para-hydroxylation sites is 1. The predicted molar refractivity (Wildman–Crippen MR) is 78.9 cm³/mol. The summed E-state index contributed by atoms with van der Waals surface area (Å²) in [5.74, 6) is 0.614. The molecule has 0 aliphatic carbocycles. The zero-order chi connectivity index (χ0) is 14.6. The average Bonchev–Trinajstić information content (AvgIpc) is 2.45. The van der Waals surface area contributed by atoms with Crippen LogP contribution in [0, 0.1) is 11.3 Å². The number of nitrogens with one attached hydrogen (secondary N) is 1. The zero-order valence-corrected chi connectivity index (χ0v) is 12.3. The van der Waals surface area contributed by atoms with Gasteiger partial charge in [0.15, 0.2) is 0 Å². The SMILES string of the molecule is CN(C)CCNCCOCCOc1ccccc1C#N. The highest BCUT2D eigenvalue weighted by atomic mass is 16.5. The third-order valence-corrected chi connectivity index (χ3v) is 2.65. The lowest BCUT2D eigenvalue weighted by Crippen LogP contribution is -2.29. The van der Waals surface area contributed by atoms with E-state index >= 15 is 0 Å². The summed E-state index contributed by atoms with van der Waals surface area (Å²) in [6.45, 7) is 4.46. The first kappa shape index (κ1) is 16.4. The van der Waals surface area contributed by atoms with E-state index in [0.717, 1.165) is 19.6 Å². The Kier molecular flexibility index (Phi) is 8.40. The molecule has 1 N–H and O–H groups in total. The molecule has 0 aliphatic rings. The molecule has 0 heterocycles. The number of likely N-dealkylation sites (N-methyl/N-ethyl adjacent to an activating group) is 1. The molecule has 0 bridgehead atoms. The summed E-state index contributed by atoms with van der Waals surface area (Å²) >= 11 is 0. The standard InChI is InChI=1S/C15H23N3O2/c1-18(2)9-7-17-8-10-19-11-12-20-15-6-4-3-5-14(15)13-16/h3-6,17H,7-12H2,1-2H3.